The van der Waals surface area contributed by atoms with Crippen LogP contribution in [0.15, 0.2) is 48.5 Å². The molecule has 3 unspecified atom stereocenters. The molecule has 3 fully saturated rings. The Morgan fingerprint density at radius 1 is 0.903 bits per heavy atom. The summed E-state index contributed by atoms with van der Waals surface area (Å²) in [5.41, 5.74) is 5.53. The maximum atomic E-state index is 13.0. The highest BCUT2D eigenvalue weighted by Crippen LogP contribution is 2.45. The van der Waals surface area contributed by atoms with E-state index in [9.17, 15) is 8.42 Å². The third-order valence-corrected chi connectivity index (χ3v) is 10.7. The molecule has 2 aliphatic carbocycles. The predicted octanol–water partition coefficient (Wildman–Crippen LogP) is 4.27. The number of nitrogens with zero attached hydrogens (tertiary/aromatic N) is 2. The van der Waals surface area contributed by atoms with E-state index >= 15 is 0 Å². The SMILES string of the molecule is O=S(=O)(C1CCC1)N1CCC1c1ccc2c(c1)C(Cc1ccccc1)C(N1CCC1)C2. The van der Waals surface area contributed by atoms with Crippen molar-refractivity contribution in [3.8, 4) is 0 Å². The van der Waals surface area contributed by atoms with Crippen LogP contribution in [0.4, 0.5) is 0 Å². The Hall–Kier alpha value is -1.69. The summed E-state index contributed by atoms with van der Waals surface area (Å²) in [5, 5.41) is -0.133. The van der Waals surface area contributed by atoms with E-state index in [0.29, 0.717) is 18.5 Å². The molecule has 31 heavy (non-hydrogen) atoms. The van der Waals surface area contributed by atoms with Crippen molar-refractivity contribution >= 4 is 10.0 Å². The van der Waals surface area contributed by atoms with Crippen LogP contribution in [0.2, 0.25) is 0 Å². The largest absolute Gasteiger partial charge is 0.299 e. The fourth-order valence-electron chi connectivity index (χ4n) is 5.96. The Morgan fingerprint density at radius 2 is 1.71 bits per heavy atom. The highest BCUT2D eigenvalue weighted by atomic mass is 32.2. The zero-order valence-electron chi connectivity index (χ0n) is 18.1. The molecular weight excluding hydrogens is 404 g/mol. The summed E-state index contributed by atoms with van der Waals surface area (Å²) >= 11 is 0. The molecule has 0 radical (unpaired) electrons. The fourth-order valence-corrected chi connectivity index (χ4v) is 8.21. The van der Waals surface area contributed by atoms with Gasteiger partial charge in [-0.05, 0) is 73.9 Å². The monoisotopic (exact) mass is 436 g/mol. The lowest BCUT2D eigenvalue weighted by molar-refractivity contribution is 0.106. The molecule has 1 saturated carbocycles. The maximum Gasteiger partial charge on any atom is 0.217 e. The van der Waals surface area contributed by atoms with Gasteiger partial charge in [0, 0.05) is 18.5 Å². The molecule has 164 valence electrons. The summed E-state index contributed by atoms with van der Waals surface area (Å²) in [6, 6.07) is 18.4. The zero-order valence-corrected chi connectivity index (χ0v) is 18.9. The maximum absolute atomic E-state index is 13.0. The zero-order chi connectivity index (χ0) is 21.0. The molecule has 0 spiro atoms. The molecule has 3 atom stereocenters. The third kappa shape index (κ3) is 3.37. The molecule has 0 N–H and O–H groups in total. The van der Waals surface area contributed by atoms with Crippen molar-refractivity contribution in [1.82, 2.24) is 9.21 Å². The van der Waals surface area contributed by atoms with Crippen LogP contribution in [0.25, 0.3) is 0 Å². The number of hydrogen-bond donors (Lipinski definition) is 0. The van der Waals surface area contributed by atoms with Crippen molar-refractivity contribution in [2.24, 2.45) is 0 Å². The predicted molar refractivity (Wildman–Crippen MR) is 124 cm³/mol. The second-order valence-corrected chi connectivity index (χ2v) is 12.1. The van der Waals surface area contributed by atoms with Crippen LogP contribution in [0.5, 0.6) is 0 Å². The highest BCUT2D eigenvalue weighted by molar-refractivity contribution is 7.89. The van der Waals surface area contributed by atoms with Gasteiger partial charge in [-0.3, -0.25) is 4.90 Å². The summed E-state index contributed by atoms with van der Waals surface area (Å²) in [6.07, 6.45) is 7.18. The Kier molecular flexibility index (Phi) is 4.97. The van der Waals surface area contributed by atoms with E-state index in [2.05, 4.69) is 53.4 Å². The average Bonchev–Trinajstić information content (AvgIpc) is 2.95. The Morgan fingerprint density at radius 3 is 2.32 bits per heavy atom. The molecule has 2 aliphatic heterocycles. The van der Waals surface area contributed by atoms with Crippen LogP contribution < -0.4 is 0 Å². The van der Waals surface area contributed by atoms with Gasteiger partial charge in [-0.1, -0.05) is 55.0 Å². The first-order valence-electron chi connectivity index (χ1n) is 12.0. The lowest BCUT2D eigenvalue weighted by atomic mass is 9.87. The minimum atomic E-state index is -3.13. The van der Waals surface area contributed by atoms with Crippen molar-refractivity contribution in [3.05, 3.63) is 70.8 Å². The first kappa shape index (κ1) is 20.0. The molecule has 2 aromatic rings. The quantitative estimate of drug-likeness (QED) is 0.679. The van der Waals surface area contributed by atoms with Gasteiger partial charge in [-0.2, -0.15) is 4.31 Å². The van der Waals surface area contributed by atoms with E-state index in [0.717, 1.165) is 38.5 Å². The molecule has 4 aliphatic rings. The van der Waals surface area contributed by atoms with E-state index in [1.165, 1.54) is 41.8 Å². The number of likely N-dealkylation sites (tertiary alicyclic amines) is 1. The molecular formula is C26H32N2O2S. The second-order valence-electron chi connectivity index (χ2n) is 9.93. The van der Waals surface area contributed by atoms with Gasteiger partial charge in [0.25, 0.3) is 0 Å². The van der Waals surface area contributed by atoms with E-state index < -0.39 is 10.0 Å². The average molecular weight is 437 g/mol. The van der Waals surface area contributed by atoms with E-state index in [-0.39, 0.29) is 11.3 Å². The summed E-state index contributed by atoms with van der Waals surface area (Å²) in [5.74, 6) is 0.495. The van der Waals surface area contributed by atoms with Gasteiger partial charge < -0.3 is 0 Å². The highest BCUT2D eigenvalue weighted by Gasteiger charge is 2.45. The van der Waals surface area contributed by atoms with Crippen molar-refractivity contribution < 1.29 is 8.42 Å². The molecule has 2 aromatic carbocycles. The van der Waals surface area contributed by atoms with Crippen LogP contribution >= 0.6 is 0 Å². The van der Waals surface area contributed by atoms with Gasteiger partial charge in [0.05, 0.1) is 11.3 Å². The third-order valence-electron chi connectivity index (χ3n) is 8.28. The van der Waals surface area contributed by atoms with Crippen molar-refractivity contribution in [3.63, 3.8) is 0 Å². The van der Waals surface area contributed by atoms with E-state index in [4.69, 9.17) is 0 Å². The van der Waals surface area contributed by atoms with E-state index in [1.54, 1.807) is 4.31 Å². The first-order valence-corrected chi connectivity index (χ1v) is 13.5. The second kappa shape index (κ2) is 7.72. The summed E-state index contributed by atoms with van der Waals surface area (Å²) in [4.78, 5) is 2.66. The first-order chi connectivity index (χ1) is 15.1. The number of sulfonamides is 1. The normalized spacial score (nSPS) is 29.1. The van der Waals surface area contributed by atoms with Gasteiger partial charge in [-0.15, -0.1) is 0 Å². The molecule has 2 heterocycles. The lowest BCUT2D eigenvalue weighted by Gasteiger charge is -2.44. The number of benzene rings is 2. The molecule has 0 amide bonds. The van der Waals surface area contributed by atoms with Crippen molar-refractivity contribution in [2.45, 2.75) is 68.2 Å². The van der Waals surface area contributed by atoms with Crippen molar-refractivity contribution in [2.75, 3.05) is 19.6 Å². The summed E-state index contributed by atoms with van der Waals surface area (Å²) < 4.78 is 27.8. The minimum absolute atomic E-state index is 0.0383. The standard InChI is InChI=1S/C26H32N2O2S/c29-31(30,22-8-4-9-22)28-15-12-25(28)21-11-10-20-18-26(27-13-5-14-27)24(23(20)17-21)16-19-6-2-1-3-7-19/h1-3,6-7,10-11,17,22,24-26H,4-5,8-9,12-16,18H2. The summed E-state index contributed by atoms with van der Waals surface area (Å²) in [6.45, 7) is 3.12. The van der Waals surface area contributed by atoms with Gasteiger partial charge in [0.15, 0.2) is 0 Å². The topological polar surface area (TPSA) is 40.6 Å². The molecule has 2 saturated heterocycles. The number of hydrogen-bond acceptors (Lipinski definition) is 3. The van der Waals surface area contributed by atoms with Gasteiger partial charge in [0.2, 0.25) is 10.0 Å². The van der Waals surface area contributed by atoms with Gasteiger partial charge in [0.1, 0.15) is 0 Å². The summed E-state index contributed by atoms with van der Waals surface area (Å²) in [7, 11) is -3.13. The smallest absolute Gasteiger partial charge is 0.217 e. The number of fused-ring (bicyclic) bond motifs is 1. The fraction of sp³-hybridized carbons (Fsp3) is 0.538. The van der Waals surface area contributed by atoms with Gasteiger partial charge in [-0.25, -0.2) is 8.42 Å². The van der Waals surface area contributed by atoms with Crippen LogP contribution in [0.3, 0.4) is 0 Å². The number of rotatable bonds is 6. The van der Waals surface area contributed by atoms with Gasteiger partial charge >= 0.3 is 0 Å². The Bertz CT molecular complexity index is 1060. The minimum Gasteiger partial charge on any atom is -0.299 e. The van der Waals surface area contributed by atoms with Crippen LogP contribution in [0, 0.1) is 0 Å². The molecule has 0 bridgehead atoms. The molecule has 4 nitrogen and oxygen atoms in total. The molecule has 6 rings (SSSR count). The van der Waals surface area contributed by atoms with Crippen LogP contribution in [-0.4, -0.2) is 48.5 Å². The van der Waals surface area contributed by atoms with Crippen LogP contribution in [0.1, 0.15) is 66.3 Å². The molecule has 0 aromatic heterocycles. The Labute approximate surface area is 186 Å². The van der Waals surface area contributed by atoms with Crippen molar-refractivity contribution in [1.29, 1.82) is 0 Å². The molecule has 5 heteroatoms. The Balaban J connectivity index is 1.30. The van der Waals surface area contributed by atoms with E-state index in [1.807, 2.05) is 0 Å². The lowest BCUT2D eigenvalue weighted by Crippen LogP contribution is -2.50. The van der Waals surface area contributed by atoms with Crippen LogP contribution in [-0.2, 0) is 22.9 Å².